The maximum Gasteiger partial charge on any atom is 0.237 e. The fourth-order valence-electron chi connectivity index (χ4n) is 0.585. The number of rotatable bonds is 5. The van der Waals surface area contributed by atoms with E-state index in [-0.39, 0.29) is 6.42 Å². The highest BCUT2D eigenvalue weighted by Gasteiger charge is 2.23. The second-order valence-corrected chi connectivity index (χ2v) is 3.13. The van der Waals surface area contributed by atoms with Crippen molar-refractivity contribution in [2.75, 3.05) is 6.54 Å². The normalized spacial score (nSPS) is 11.2. The molecular weight excluding hydrogens is 158 g/mol. The number of nitrogens with two attached hydrogens (primary N) is 2. The van der Waals surface area contributed by atoms with Crippen LogP contribution in [0.2, 0.25) is 0 Å². The Morgan fingerprint density at radius 1 is 1.33 bits per heavy atom. The minimum Gasteiger partial charge on any atom is -0.370 e. The Morgan fingerprint density at radius 2 is 1.83 bits per heavy atom. The predicted molar refractivity (Wildman–Crippen MR) is 45.1 cm³/mol. The first kappa shape index (κ1) is 10.9. The molecule has 0 aromatic rings. The Kier molecular flexibility index (Phi) is 3.69. The highest BCUT2D eigenvalue weighted by Crippen LogP contribution is 1.99. The van der Waals surface area contributed by atoms with Gasteiger partial charge in [-0.15, -0.1) is 0 Å². The van der Waals surface area contributed by atoms with Gasteiger partial charge in [0, 0.05) is 13.0 Å². The number of amides is 2. The number of carbonyl (C=O) groups excluding carboxylic acids is 2. The molecule has 0 bridgehead atoms. The topological polar surface area (TPSA) is 98.2 Å². The quantitative estimate of drug-likeness (QED) is 0.482. The van der Waals surface area contributed by atoms with Crippen LogP contribution in [0.1, 0.15) is 20.3 Å². The molecule has 2 amide bonds. The molecule has 5 heteroatoms. The molecule has 12 heavy (non-hydrogen) atoms. The molecule has 0 aliphatic carbocycles. The second-order valence-electron chi connectivity index (χ2n) is 3.13. The first-order chi connectivity index (χ1) is 5.36. The van der Waals surface area contributed by atoms with Crippen molar-refractivity contribution in [2.45, 2.75) is 25.8 Å². The number of hydrogen-bond donors (Lipinski definition) is 3. The smallest absolute Gasteiger partial charge is 0.237 e. The third kappa shape index (κ3) is 3.92. The fraction of sp³-hybridized carbons (Fsp3) is 0.714. The van der Waals surface area contributed by atoms with E-state index in [1.807, 2.05) is 0 Å². The van der Waals surface area contributed by atoms with E-state index in [9.17, 15) is 9.59 Å². The first-order valence-electron chi connectivity index (χ1n) is 3.69. The molecule has 0 unspecified atom stereocenters. The summed E-state index contributed by atoms with van der Waals surface area (Å²) in [6.07, 6.45) is 0.205. The number of nitrogens with one attached hydrogen (secondary N) is 1. The molecule has 0 atom stereocenters. The van der Waals surface area contributed by atoms with E-state index < -0.39 is 17.4 Å². The van der Waals surface area contributed by atoms with E-state index in [2.05, 4.69) is 5.32 Å². The number of hydrogen-bond acceptors (Lipinski definition) is 3. The summed E-state index contributed by atoms with van der Waals surface area (Å²) in [5, 5.41) is 2.81. The Balaban J connectivity index is 3.76. The minimum absolute atomic E-state index is 0.205. The Bertz CT molecular complexity index is 189. The SMILES string of the molecule is CC(C)(NCCC(N)=O)C(N)=O. The van der Waals surface area contributed by atoms with Crippen LogP contribution in [0.25, 0.3) is 0 Å². The standard InChI is InChI=1S/C7H15N3O2/c1-7(2,6(9)12)10-4-3-5(8)11/h10H,3-4H2,1-2H3,(H2,8,11)(H2,9,12). The van der Waals surface area contributed by atoms with E-state index in [1.54, 1.807) is 13.8 Å². The third-order valence-corrected chi connectivity index (χ3v) is 1.55. The summed E-state index contributed by atoms with van der Waals surface area (Å²) in [5.41, 5.74) is 9.19. The minimum atomic E-state index is -0.782. The van der Waals surface area contributed by atoms with Gasteiger partial charge in [0.15, 0.2) is 0 Å². The van der Waals surface area contributed by atoms with E-state index in [4.69, 9.17) is 11.5 Å². The number of carbonyl (C=O) groups is 2. The monoisotopic (exact) mass is 173 g/mol. The lowest BCUT2D eigenvalue weighted by Crippen LogP contribution is -2.51. The molecule has 0 fully saturated rings. The summed E-state index contributed by atoms with van der Waals surface area (Å²) >= 11 is 0. The molecule has 5 N–H and O–H groups in total. The average Bonchev–Trinajstić information content (AvgIpc) is 1.85. The zero-order valence-corrected chi connectivity index (χ0v) is 7.39. The van der Waals surface area contributed by atoms with Crippen LogP contribution in [0.3, 0.4) is 0 Å². The van der Waals surface area contributed by atoms with Gasteiger partial charge in [0.25, 0.3) is 0 Å². The van der Waals surface area contributed by atoms with Crippen LogP contribution in [0.15, 0.2) is 0 Å². The molecule has 0 aromatic carbocycles. The molecular formula is C7H15N3O2. The highest BCUT2D eigenvalue weighted by molar-refractivity contribution is 5.83. The van der Waals surface area contributed by atoms with Gasteiger partial charge >= 0.3 is 0 Å². The van der Waals surface area contributed by atoms with Crippen molar-refractivity contribution in [3.05, 3.63) is 0 Å². The molecule has 0 aliphatic rings. The van der Waals surface area contributed by atoms with Gasteiger partial charge in [-0.25, -0.2) is 0 Å². The van der Waals surface area contributed by atoms with E-state index in [0.717, 1.165) is 0 Å². The zero-order valence-electron chi connectivity index (χ0n) is 7.39. The third-order valence-electron chi connectivity index (χ3n) is 1.55. The van der Waals surface area contributed by atoms with Crippen molar-refractivity contribution in [2.24, 2.45) is 11.5 Å². The molecule has 0 heterocycles. The van der Waals surface area contributed by atoms with Crippen LogP contribution in [0, 0.1) is 0 Å². The van der Waals surface area contributed by atoms with Gasteiger partial charge in [-0.05, 0) is 13.8 Å². The van der Waals surface area contributed by atoms with Crippen molar-refractivity contribution in [1.29, 1.82) is 0 Å². The molecule has 0 saturated heterocycles. The fourth-order valence-corrected chi connectivity index (χ4v) is 0.585. The molecule has 70 valence electrons. The van der Waals surface area contributed by atoms with Crippen LogP contribution in [-0.2, 0) is 9.59 Å². The lowest BCUT2D eigenvalue weighted by molar-refractivity contribution is -0.123. The summed E-state index contributed by atoms with van der Waals surface area (Å²) in [7, 11) is 0. The van der Waals surface area contributed by atoms with Crippen molar-refractivity contribution in [3.63, 3.8) is 0 Å². The van der Waals surface area contributed by atoms with Crippen molar-refractivity contribution in [3.8, 4) is 0 Å². The van der Waals surface area contributed by atoms with Crippen LogP contribution in [-0.4, -0.2) is 23.9 Å². The summed E-state index contributed by atoms with van der Waals surface area (Å²) in [4.78, 5) is 21.1. The number of primary amides is 2. The summed E-state index contributed by atoms with van der Waals surface area (Å²) in [5.74, 6) is -0.852. The van der Waals surface area contributed by atoms with E-state index in [0.29, 0.717) is 6.54 Å². The van der Waals surface area contributed by atoms with E-state index in [1.165, 1.54) is 0 Å². The largest absolute Gasteiger partial charge is 0.370 e. The van der Waals surface area contributed by atoms with Crippen LogP contribution in [0.4, 0.5) is 0 Å². The molecule has 5 nitrogen and oxygen atoms in total. The molecule has 0 aromatic heterocycles. The van der Waals surface area contributed by atoms with Crippen molar-refractivity contribution >= 4 is 11.8 Å². The molecule has 0 aliphatic heterocycles. The molecule has 0 radical (unpaired) electrons. The molecule has 0 saturated carbocycles. The lowest BCUT2D eigenvalue weighted by atomic mass is 10.1. The van der Waals surface area contributed by atoms with Gasteiger partial charge in [0.2, 0.25) is 11.8 Å². The molecule has 0 rings (SSSR count). The van der Waals surface area contributed by atoms with Crippen molar-refractivity contribution in [1.82, 2.24) is 5.32 Å². The zero-order chi connectivity index (χ0) is 9.78. The maximum atomic E-state index is 10.7. The Labute approximate surface area is 71.5 Å². The van der Waals surface area contributed by atoms with Crippen LogP contribution < -0.4 is 16.8 Å². The average molecular weight is 173 g/mol. The lowest BCUT2D eigenvalue weighted by Gasteiger charge is -2.21. The maximum absolute atomic E-state index is 10.7. The van der Waals surface area contributed by atoms with Crippen LogP contribution >= 0.6 is 0 Å². The van der Waals surface area contributed by atoms with Gasteiger partial charge in [0.05, 0.1) is 5.54 Å². The van der Waals surface area contributed by atoms with Gasteiger partial charge in [-0.1, -0.05) is 0 Å². The highest BCUT2D eigenvalue weighted by atomic mass is 16.2. The second kappa shape index (κ2) is 4.06. The van der Waals surface area contributed by atoms with Gasteiger partial charge in [0.1, 0.15) is 0 Å². The Morgan fingerprint density at radius 3 is 2.17 bits per heavy atom. The Hall–Kier alpha value is -1.10. The summed E-state index contributed by atoms with van der Waals surface area (Å²) in [6.45, 7) is 3.66. The van der Waals surface area contributed by atoms with Crippen molar-refractivity contribution < 1.29 is 9.59 Å². The summed E-state index contributed by atoms with van der Waals surface area (Å²) < 4.78 is 0. The van der Waals surface area contributed by atoms with E-state index >= 15 is 0 Å². The molecule has 0 spiro atoms. The predicted octanol–water partition coefficient (Wildman–Crippen LogP) is -1.28. The first-order valence-corrected chi connectivity index (χ1v) is 3.69. The van der Waals surface area contributed by atoms with Gasteiger partial charge < -0.3 is 16.8 Å². The van der Waals surface area contributed by atoms with Gasteiger partial charge in [-0.2, -0.15) is 0 Å². The summed E-state index contributed by atoms with van der Waals surface area (Å²) in [6, 6.07) is 0. The van der Waals surface area contributed by atoms with Crippen LogP contribution in [0.5, 0.6) is 0 Å². The van der Waals surface area contributed by atoms with Gasteiger partial charge in [-0.3, -0.25) is 9.59 Å².